The van der Waals surface area contributed by atoms with Gasteiger partial charge in [-0.1, -0.05) is 12.1 Å². The van der Waals surface area contributed by atoms with E-state index in [4.69, 9.17) is 0 Å². The van der Waals surface area contributed by atoms with Crippen molar-refractivity contribution in [1.82, 2.24) is 4.57 Å². The van der Waals surface area contributed by atoms with Crippen LogP contribution in [0.1, 0.15) is 15.9 Å². The van der Waals surface area contributed by atoms with Crippen LogP contribution in [0.2, 0.25) is 0 Å². The summed E-state index contributed by atoms with van der Waals surface area (Å²) in [5, 5.41) is 10.7. The molecule has 0 aliphatic rings. The number of methoxy groups -OCH3 is 1. The third-order valence-electron chi connectivity index (χ3n) is 2.89. The van der Waals surface area contributed by atoms with E-state index in [-0.39, 0.29) is 0 Å². The van der Waals surface area contributed by atoms with E-state index in [0.717, 1.165) is 11.6 Å². The molecule has 0 aliphatic carbocycles. The van der Waals surface area contributed by atoms with Gasteiger partial charge in [-0.05, 0) is 17.7 Å². The van der Waals surface area contributed by atoms with Gasteiger partial charge in [0.05, 0.1) is 23.8 Å². The zero-order valence-corrected chi connectivity index (χ0v) is 11.2. The van der Waals surface area contributed by atoms with Crippen LogP contribution in [-0.2, 0) is 11.3 Å². The fraction of sp³-hybridized carbons (Fsp3) is 0.143. The molecular formula is C14H12N2O5. The molecule has 1 heterocycles. The van der Waals surface area contributed by atoms with Crippen molar-refractivity contribution < 1.29 is 14.5 Å². The summed E-state index contributed by atoms with van der Waals surface area (Å²) in [6, 6.07) is 7.81. The van der Waals surface area contributed by atoms with E-state index < -0.39 is 22.0 Å². The SMILES string of the molecule is COC(=O)c1ccc(Cn2ccc(=O)c([N+](=O)[O-])c2)cc1. The number of hydrogen-bond acceptors (Lipinski definition) is 5. The highest BCUT2D eigenvalue weighted by molar-refractivity contribution is 5.89. The van der Waals surface area contributed by atoms with Gasteiger partial charge in [-0.15, -0.1) is 0 Å². The number of carbonyl (C=O) groups excluding carboxylic acids is 1. The Balaban J connectivity index is 2.22. The summed E-state index contributed by atoms with van der Waals surface area (Å²) < 4.78 is 6.13. The second-order valence-electron chi connectivity index (χ2n) is 4.31. The van der Waals surface area contributed by atoms with Crippen LogP contribution in [0.5, 0.6) is 0 Å². The summed E-state index contributed by atoms with van der Waals surface area (Å²) >= 11 is 0. The largest absolute Gasteiger partial charge is 0.465 e. The van der Waals surface area contributed by atoms with E-state index in [0.29, 0.717) is 12.1 Å². The number of hydrogen-bond donors (Lipinski definition) is 0. The Hall–Kier alpha value is -2.96. The van der Waals surface area contributed by atoms with Crippen LogP contribution in [-0.4, -0.2) is 22.6 Å². The van der Waals surface area contributed by atoms with E-state index in [1.165, 1.54) is 24.1 Å². The van der Waals surface area contributed by atoms with Crippen molar-refractivity contribution >= 4 is 11.7 Å². The summed E-state index contributed by atoms with van der Waals surface area (Å²) in [5.74, 6) is -0.430. The molecular weight excluding hydrogens is 276 g/mol. The number of nitro groups is 1. The second-order valence-corrected chi connectivity index (χ2v) is 4.31. The lowest BCUT2D eigenvalue weighted by molar-refractivity contribution is -0.386. The van der Waals surface area contributed by atoms with Gasteiger partial charge in [-0.25, -0.2) is 4.79 Å². The van der Waals surface area contributed by atoms with Gasteiger partial charge in [-0.3, -0.25) is 14.9 Å². The molecule has 1 aromatic heterocycles. The molecule has 0 atom stereocenters. The number of aromatic nitrogens is 1. The molecule has 0 radical (unpaired) electrons. The Morgan fingerprint density at radius 3 is 2.52 bits per heavy atom. The summed E-state index contributed by atoms with van der Waals surface area (Å²) in [5.41, 5.74) is 0.161. The minimum Gasteiger partial charge on any atom is -0.465 e. The van der Waals surface area contributed by atoms with E-state index in [1.807, 2.05) is 0 Å². The second kappa shape index (κ2) is 6.00. The molecule has 108 valence electrons. The highest BCUT2D eigenvalue weighted by Gasteiger charge is 2.11. The van der Waals surface area contributed by atoms with Gasteiger partial charge < -0.3 is 9.30 Å². The molecule has 0 saturated heterocycles. The Labute approximate surface area is 119 Å². The van der Waals surface area contributed by atoms with Crippen LogP contribution in [0, 0.1) is 10.1 Å². The third-order valence-corrected chi connectivity index (χ3v) is 2.89. The predicted octanol–water partition coefficient (Wildman–Crippen LogP) is 1.59. The van der Waals surface area contributed by atoms with E-state index in [9.17, 15) is 19.7 Å². The summed E-state index contributed by atoms with van der Waals surface area (Å²) in [7, 11) is 1.30. The molecule has 21 heavy (non-hydrogen) atoms. The minimum atomic E-state index is -0.709. The first-order chi connectivity index (χ1) is 10.0. The minimum absolute atomic E-state index is 0.350. The number of rotatable bonds is 4. The fourth-order valence-corrected chi connectivity index (χ4v) is 1.82. The molecule has 7 nitrogen and oxygen atoms in total. The van der Waals surface area contributed by atoms with Crippen LogP contribution in [0.3, 0.4) is 0 Å². The maximum absolute atomic E-state index is 11.3. The number of benzene rings is 1. The molecule has 0 amide bonds. The quantitative estimate of drug-likeness (QED) is 0.484. The molecule has 2 rings (SSSR count). The lowest BCUT2D eigenvalue weighted by atomic mass is 10.1. The summed E-state index contributed by atoms with van der Waals surface area (Å²) in [6.45, 7) is 0.350. The van der Waals surface area contributed by atoms with Crippen molar-refractivity contribution in [2.75, 3.05) is 7.11 Å². The number of carbonyl (C=O) groups is 1. The monoisotopic (exact) mass is 288 g/mol. The zero-order valence-electron chi connectivity index (χ0n) is 11.2. The van der Waals surface area contributed by atoms with Gasteiger partial charge in [0.1, 0.15) is 0 Å². The zero-order chi connectivity index (χ0) is 15.4. The van der Waals surface area contributed by atoms with Crippen molar-refractivity contribution in [3.63, 3.8) is 0 Å². The Bertz CT molecular complexity index is 734. The van der Waals surface area contributed by atoms with E-state index in [2.05, 4.69) is 4.74 Å². The summed E-state index contributed by atoms with van der Waals surface area (Å²) in [4.78, 5) is 32.6. The maximum Gasteiger partial charge on any atom is 0.337 e. The topological polar surface area (TPSA) is 91.4 Å². The average molecular weight is 288 g/mol. The van der Waals surface area contributed by atoms with Gasteiger partial charge in [0.25, 0.3) is 5.43 Å². The lowest BCUT2D eigenvalue weighted by Crippen LogP contribution is -2.11. The molecule has 0 fully saturated rings. The van der Waals surface area contributed by atoms with Crippen molar-refractivity contribution in [3.05, 3.63) is 74.2 Å². The molecule has 0 N–H and O–H groups in total. The highest BCUT2D eigenvalue weighted by Crippen LogP contribution is 2.09. The molecule has 0 spiro atoms. The average Bonchev–Trinajstić information content (AvgIpc) is 2.49. The van der Waals surface area contributed by atoms with Gasteiger partial charge in [-0.2, -0.15) is 0 Å². The van der Waals surface area contributed by atoms with E-state index >= 15 is 0 Å². The fourth-order valence-electron chi connectivity index (χ4n) is 1.82. The molecule has 7 heteroatoms. The van der Waals surface area contributed by atoms with Crippen LogP contribution in [0.4, 0.5) is 5.69 Å². The standard InChI is InChI=1S/C14H12N2O5/c1-21-14(18)11-4-2-10(3-5-11)8-15-7-6-13(17)12(9-15)16(19)20/h2-7,9H,8H2,1H3. The highest BCUT2D eigenvalue weighted by atomic mass is 16.6. The predicted molar refractivity (Wildman–Crippen MR) is 74.2 cm³/mol. The van der Waals surface area contributed by atoms with Crippen molar-refractivity contribution in [3.8, 4) is 0 Å². The molecule has 0 bridgehead atoms. The van der Waals surface area contributed by atoms with Crippen molar-refractivity contribution in [2.45, 2.75) is 6.54 Å². The number of ether oxygens (including phenoxy) is 1. The van der Waals surface area contributed by atoms with E-state index in [1.54, 1.807) is 24.3 Å². The first-order valence-corrected chi connectivity index (χ1v) is 6.03. The van der Waals surface area contributed by atoms with Crippen molar-refractivity contribution in [1.29, 1.82) is 0 Å². The Kier molecular flexibility index (Phi) is 4.13. The number of esters is 1. The molecule has 0 aliphatic heterocycles. The van der Waals surface area contributed by atoms with Crippen LogP contribution in [0.25, 0.3) is 0 Å². The van der Waals surface area contributed by atoms with Crippen LogP contribution < -0.4 is 5.43 Å². The Morgan fingerprint density at radius 1 is 1.29 bits per heavy atom. The normalized spacial score (nSPS) is 10.1. The summed E-state index contributed by atoms with van der Waals surface area (Å²) in [6.07, 6.45) is 2.67. The molecule has 1 aromatic carbocycles. The third kappa shape index (κ3) is 3.33. The maximum atomic E-state index is 11.3. The molecule has 0 saturated carbocycles. The van der Waals surface area contributed by atoms with Crippen molar-refractivity contribution in [2.24, 2.45) is 0 Å². The van der Waals surface area contributed by atoms with Gasteiger partial charge >= 0.3 is 11.7 Å². The smallest absolute Gasteiger partial charge is 0.337 e. The Morgan fingerprint density at radius 2 is 1.95 bits per heavy atom. The lowest BCUT2D eigenvalue weighted by Gasteiger charge is -2.07. The molecule has 2 aromatic rings. The van der Waals surface area contributed by atoms with Crippen LogP contribution in [0.15, 0.2) is 47.5 Å². The first kappa shape index (κ1) is 14.4. The van der Waals surface area contributed by atoms with Gasteiger partial charge in [0, 0.05) is 18.8 Å². The molecule has 0 unspecified atom stereocenters. The number of pyridine rings is 1. The first-order valence-electron chi connectivity index (χ1n) is 6.03. The van der Waals surface area contributed by atoms with Gasteiger partial charge in [0.2, 0.25) is 0 Å². The van der Waals surface area contributed by atoms with Crippen LogP contribution >= 0.6 is 0 Å². The number of nitrogens with zero attached hydrogens (tertiary/aromatic N) is 2. The van der Waals surface area contributed by atoms with Gasteiger partial charge in [0.15, 0.2) is 0 Å².